The summed E-state index contributed by atoms with van der Waals surface area (Å²) in [4.78, 5) is 12.0. The van der Waals surface area contributed by atoms with E-state index >= 15 is 0 Å². The van der Waals surface area contributed by atoms with Crippen LogP contribution in [0.4, 0.5) is 0 Å². The molecular formula is C14H21NO2. The van der Waals surface area contributed by atoms with Crippen LogP contribution in [0.3, 0.4) is 0 Å². The van der Waals surface area contributed by atoms with Gasteiger partial charge < -0.3 is 10.1 Å². The molecule has 0 aliphatic carbocycles. The molecule has 0 saturated carbocycles. The Kier molecular flexibility index (Phi) is 5.70. The van der Waals surface area contributed by atoms with E-state index in [0.29, 0.717) is 36.9 Å². The number of hydrogen-bond donors (Lipinski definition) is 1. The maximum Gasteiger partial charge on any atom is 0.167 e. The van der Waals surface area contributed by atoms with Gasteiger partial charge in [-0.05, 0) is 19.1 Å². The third kappa shape index (κ3) is 4.57. The fourth-order valence-corrected chi connectivity index (χ4v) is 1.59. The van der Waals surface area contributed by atoms with Crippen molar-refractivity contribution >= 4 is 5.78 Å². The van der Waals surface area contributed by atoms with Crippen molar-refractivity contribution in [1.29, 1.82) is 0 Å². The van der Waals surface area contributed by atoms with Gasteiger partial charge in [-0.3, -0.25) is 4.79 Å². The molecule has 3 heteroatoms. The van der Waals surface area contributed by atoms with E-state index < -0.39 is 0 Å². The van der Waals surface area contributed by atoms with E-state index in [1.807, 2.05) is 31.2 Å². The highest BCUT2D eigenvalue weighted by Crippen LogP contribution is 2.19. The predicted molar refractivity (Wildman–Crippen MR) is 69.7 cm³/mol. The minimum absolute atomic E-state index is 0.127. The zero-order valence-corrected chi connectivity index (χ0v) is 10.8. The molecule has 0 aliphatic heterocycles. The molecule has 0 amide bonds. The van der Waals surface area contributed by atoms with Crippen molar-refractivity contribution in [1.82, 2.24) is 5.32 Å². The zero-order valence-electron chi connectivity index (χ0n) is 10.8. The number of para-hydroxylation sites is 1. The first kappa shape index (κ1) is 13.7. The number of ether oxygens (including phenoxy) is 1. The first-order valence-corrected chi connectivity index (χ1v) is 6.13. The lowest BCUT2D eigenvalue weighted by Gasteiger charge is -2.10. The Bertz CT molecular complexity index is 361. The first-order chi connectivity index (χ1) is 8.15. The molecule has 0 fully saturated rings. The molecule has 1 rings (SSSR count). The maximum absolute atomic E-state index is 12.0. The van der Waals surface area contributed by atoms with Crippen molar-refractivity contribution in [3.8, 4) is 5.75 Å². The fourth-order valence-electron chi connectivity index (χ4n) is 1.59. The Morgan fingerprint density at radius 3 is 2.71 bits per heavy atom. The average Bonchev–Trinajstić information content (AvgIpc) is 2.29. The molecule has 17 heavy (non-hydrogen) atoms. The van der Waals surface area contributed by atoms with Crippen LogP contribution in [0.1, 0.15) is 37.6 Å². The summed E-state index contributed by atoms with van der Waals surface area (Å²) in [6.07, 6.45) is 0.502. The molecule has 3 nitrogen and oxygen atoms in total. The fraction of sp³-hybridized carbons (Fsp3) is 0.500. The number of ketones is 1. The van der Waals surface area contributed by atoms with Crippen molar-refractivity contribution in [3.63, 3.8) is 0 Å². The van der Waals surface area contributed by atoms with Gasteiger partial charge in [0.25, 0.3) is 0 Å². The molecule has 0 radical (unpaired) electrons. The highest BCUT2D eigenvalue weighted by molar-refractivity contribution is 5.98. The van der Waals surface area contributed by atoms with Gasteiger partial charge in [-0.15, -0.1) is 0 Å². The lowest BCUT2D eigenvalue weighted by molar-refractivity contribution is 0.0978. The summed E-state index contributed by atoms with van der Waals surface area (Å²) in [7, 11) is 0. The minimum Gasteiger partial charge on any atom is -0.493 e. The highest BCUT2D eigenvalue weighted by Gasteiger charge is 2.11. The molecule has 1 aromatic rings. The number of Topliss-reactive ketones (excluding diaryl/α,β-unsaturated/α-hetero) is 1. The van der Waals surface area contributed by atoms with Gasteiger partial charge >= 0.3 is 0 Å². The van der Waals surface area contributed by atoms with Gasteiger partial charge in [0.1, 0.15) is 5.75 Å². The van der Waals surface area contributed by atoms with E-state index in [0.717, 1.165) is 0 Å². The van der Waals surface area contributed by atoms with Crippen LogP contribution in [0.5, 0.6) is 5.75 Å². The van der Waals surface area contributed by atoms with E-state index in [-0.39, 0.29) is 5.78 Å². The van der Waals surface area contributed by atoms with E-state index in [1.54, 1.807) is 0 Å². The van der Waals surface area contributed by atoms with Crippen LogP contribution in [-0.4, -0.2) is 25.0 Å². The van der Waals surface area contributed by atoms with E-state index in [2.05, 4.69) is 19.2 Å². The number of benzene rings is 1. The normalized spacial score (nSPS) is 10.6. The zero-order chi connectivity index (χ0) is 12.7. The summed E-state index contributed by atoms with van der Waals surface area (Å²) in [5.41, 5.74) is 0.680. The lowest BCUT2D eigenvalue weighted by Crippen LogP contribution is -2.25. The molecule has 1 aromatic carbocycles. The van der Waals surface area contributed by atoms with Gasteiger partial charge in [0.15, 0.2) is 5.78 Å². The Morgan fingerprint density at radius 2 is 2.06 bits per heavy atom. The Labute approximate surface area is 103 Å². The van der Waals surface area contributed by atoms with Gasteiger partial charge in [-0.25, -0.2) is 0 Å². The second kappa shape index (κ2) is 7.07. The van der Waals surface area contributed by atoms with Crippen LogP contribution >= 0.6 is 0 Å². The summed E-state index contributed by atoms with van der Waals surface area (Å²) in [6.45, 7) is 7.34. The molecular weight excluding hydrogens is 214 g/mol. The van der Waals surface area contributed by atoms with Crippen molar-refractivity contribution in [3.05, 3.63) is 29.8 Å². The van der Waals surface area contributed by atoms with Gasteiger partial charge in [-0.2, -0.15) is 0 Å². The largest absolute Gasteiger partial charge is 0.493 e. The molecule has 0 bridgehead atoms. The second-order valence-electron chi connectivity index (χ2n) is 4.21. The summed E-state index contributed by atoms with van der Waals surface area (Å²) < 4.78 is 5.44. The van der Waals surface area contributed by atoms with Crippen molar-refractivity contribution in [2.75, 3.05) is 13.2 Å². The summed E-state index contributed by atoms with van der Waals surface area (Å²) in [5.74, 6) is 0.812. The first-order valence-electron chi connectivity index (χ1n) is 6.13. The molecule has 1 N–H and O–H groups in total. The number of carbonyl (C=O) groups excluding carboxylic acids is 1. The van der Waals surface area contributed by atoms with Crippen LogP contribution in [-0.2, 0) is 0 Å². The summed E-state index contributed by atoms with van der Waals surface area (Å²) in [5, 5.41) is 3.24. The molecule has 0 unspecified atom stereocenters. The topological polar surface area (TPSA) is 38.3 Å². The average molecular weight is 235 g/mol. The highest BCUT2D eigenvalue weighted by atomic mass is 16.5. The number of rotatable bonds is 7. The number of carbonyl (C=O) groups is 1. The third-order valence-corrected chi connectivity index (χ3v) is 2.39. The summed E-state index contributed by atoms with van der Waals surface area (Å²) in [6, 6.07) is 7.82. The number of hydrogen-bond acceptors (Lipinski definition) is 3. The van der Waals surface area contributed by atoms with Crippen LogP contribution in [0.2, 0.25) is 0 Å². The Balaban J connectivity index is 2.61. The van der Waals surface area contributed by atoms with Crippen molar-refractivity contribution in [2.24, 2.45) is 0 Å². The van der Waals surface area contributed by atoms with Gasteiger partial charge in [0.2, 0.25) is 0 Å². The van der Waals surface area contributed by atoms with E-state index in [1.165, 1.54) is 0 Å². The Hall–Kier alpha value is -1.35. The second-order valence-corrected chi connectivity index (χ2v) is 4.21. The molecule has 0 saturated heterocycles. The lowest BCUT2D eigenvalue weighted by atomic mass is 10.1. The molecule has 0 aromatic heterocycles. The standard InChI is InChI=1S/C14H21NO2/c1-4-17-14-8-6-5-7-12(14)13(16)9-10-15-11(2)3/h5-8,11,15H,4,9-10H2,1-3H3. The van der Waals surface area contributed by atoms with Gasteiger partial charge in [-0.1, -0.05) is 26.0 Å². The maximum atomic E-state index is 12.0. The van der Waals surface area contributed by atoms with Crippen LogP contribution in [0.15, 0.2) is 24.3 Å². The van der Waals surface area contributed by atoms with Gasteiger partial charge in [0, 0.05) is 19.0 Å². The molecule has 0 aliphatic rings. The smallest absolute Gasteiger partial charge is 0.167 e. The number of nitrogens with one attached hydrogen (secondary N) is 1. The predicted octanol–water partition coefficient (Wildman–Crippen LogP) is 2.66. The van der Waals surface area contributed by atoms with Crippen LogP contribution < -0.4 is 10.1 Å². The monoisotopic (exact) mass is 235 g/mol. The van der Waals surface area contributed by atoms with E-state index in [4.69, 9.17) is 4.74 Å². The van der Waals surface area contributed by atoms with E-state index in [9.17, 15) is 4.79 Å². The van der Waals surface area contributed by atoms with Crippen molar-refractivity contribution < 1.29 is 9.53 Å². The molecule has 0 atom stereocenters. The summed E-state index contributed by atoms with van der Waals surface area (Å²) >= 11 is 0. The van der Waals surface area contributed by atoms with Crippen LogP contribution in [0.25, 0.3) is 0 Å². The molecule has 94 valence electrons. The SMILES string of the molecule is CCOc1ccccc1C(=O)CCNC(C)C. The quantitative estimate of drug-likeness (QED) is 0.738. The molecule has 0 heterocycles. The minimum atomic E-state index is 0.127. The van der Waals surface area contributed by atoms with Crippen LogP contribution in [0, 0.1) is 0 Å². The molecule has 0 spiro atoms. The van der Waals surface area contributed by atoms with Gasteiger partial charge in [0.05, 0.1) is 12.2 Å². The van der Waals surface area contributed by atoms with Crippen molar-refractivity contribution in [2.45, 2.75) is 33.2 Å². The Morgan fingerprint density at radius 1 is 1.35 bits per heavy atom. The third-order valence-electron chi connectivity index (χ3n) is 2.39.